The van der Waals surface area contributed by atoms with Crippen LogP contribution in [0.15, 0.2) is 22.4 Å². The summed E-state index contributed by atoms with van der Waals surface area (Å²) < 4.78 is 0. The van der Waals surface area contributed by atoms with Crippen molar-refractivity contribution in [2.45, 2.75) is 0 Å². The van der Waals surface area contributed by atoms with E-state index in [-0.39, 0.29) is 6.54 Å². The smallest absolute Gasteiger partial charge is 0.101 e. The summed E-state index contributed by atoms with van der Waals surface area (Å²) in [4.78, 5) is 12.7. The Kier molecular flexibility index (Phi) is 4.30. The number of aliphatic imine (C=N–C) groups is 1. The Bertz CT molecular complexity index is 87.7. The van der Waals surface area contributed by atoms with Crippen molar-refractivity contribution in [1.29, 1.82) is 0 Å². The Morgan fingerprint density at radius 2 is 2.43 bits per heavy atom. The third-order valence-electron chi connectivity index (χ3n) is 0.391. The molecule has 0 fully saturated rings. The summed E-state index contributed by atoms with van der Waals surface area (Å²) in [5, 5.41) is 2.55. The minimum absolute atomic E-state index is 0.180. The lowest BCUT2D eigenvalue weighted by Crippen LogP contribution is -1.62. The van der Waals surface area contributed by atoms with Crippen LogP contribution < -0.4 is 0 Å². The van der Waals surface area contributed by atoms with Crippen molar-refractivity contribution in [2.75, 3.05) is 6.54 Å². The molecule has 0 aliphatic carbocycles. The Hall–Kier alpha value is -0.990. The first kappa shape index (κ1) is 6.01. The molecule has 0 aromatic carbocycles. The van der Waals surface area contributed by atoms with Gasteiger partial charge in [0.25, 0.3) is 0 Å². The largest absolute Gasteiger partial charge is 0.273 e. The molecular weight excluding hydrogens is 92.1 g/mol. The SMILES string of the molecule is C=N/C=C/CN=O. The van der Waals surface area contributed by atoms with Crippen molar-refractivity contribution < 1.29 is 0 Å². The van der Waals surface area contributed by atoms with Crippen LogP contribution >= 0.6 is 0 Å². The van der Waals surface area contributed by atoms with Gasteiger partial charge in [-0.15, -0.1) is 0 Å². The van der Waals surface area contributed by atoms with Gasteiger partial charge in [-0.05, 0) is 12.8 Å². The van der Waals surface area contributed by atoms with Crippen molar-refractivity contribution in [3.63, 3.8) is 0 Å². The summed E-state index contributed by atoms with van der Waals surface area (Å²) in [5.74, 6) is 0. The molecule has 0 unspecified atom stereocenters. The van der Waals surface area contributed by atoms with Crippen LogP contribution in [-0.4, -0.2) is 13.3 Å². The van der Waals surface area contributed by atoms with Crippen LogP contribution in [0.5, 0.6) is 0 Å². The molecule has 0 spiro atoms. The maximum atomic E-state index is 9.32. The lowest BCUT2D eigenvalue weighted by Gasteiger charge is -1.67. The van der Waals surface area contributed by atoms with Crippen LogP contribution in [-0.2, 0) is 0 Å². The molecule has 0 atom stereocenters. The van der Waals surface area contributed by atoms with Crippen LogP contribution in [0.25, 0.3) is 0 Å². The van der Waals surface area contributed by atoms with E-state index in [0.717, 1.165) is 0 Å². The molecule has 0 aromatic rings. The monoisotopic (exact) mass is 98.0 g/mol. The highest BCUT2D eigenvalue weighted by Gasteiger charge is 1.65. The van der Waals surface area contributed by atoms with Gasteiger partial charge in [-0.3, -0.25) is 4.99 Å². The van der Waals surface area contributed by atoms with E-state index in [0.29, 0.717) is 0 Å². The van der Waals surface area contributed by atoms with Crippen LogP contribution in [0.2, 0.25) is 0 Å². The highest BCUT2D eigenvalue weighted by atomic mass is 16.3. The third-order valence-corrected chi connectivity index (χ3v) is 0.391. The molecule has 0 radical (unpaired) electrons. The molecule has 0 aliphatic rings. The van der Waals surface area contributed by atoms with Gasteiger partial charge in [0.2, 0.25) is 0 Å². The van der Waals surface area contributed by atoms with E-state index in [4.69, 9.17) is 0 Å². The van der Waals surface area contributed by atoms with E-state index in [1.54, 1.807) is 0 Å². The number of nitrogens with zero attached hydrogens (tertiary/aromatic N) is 2. The third kappa shape index (κ3) is 5.01. The first-order valence-corrected chi connectivity index (χ1v) is 1.81. The van der Waals surface area contributed by atoms with E-state index in [1.807, 2.05) is 0 Å². The number of rotatable bonds is 3. The molecule has 0 aromatic heterocycles. The average molecular weight is 98.1 g/mol. The molecule has 0 bridgehead atoms. The van der Waals surface area contributed by atoms with Crippen molar-refractivity contribution in [2.24, 2.45) is 10.2 Å². The first-order chi connectivity index (χ1) is 3.41. The molecule has 3 nitrogen and oxygen atoms in total. The predicted octanol–water partition coefficient (Wildman–Crippen LogP) is 0.967. The minimum Gasteiger partial charge on any atom is -0.273 e. The quantitative estimate of drug-likeness (QED) is 0.383. The van der Waals surface area contributed by atoms with Gasteiger partial charge in [0.05, 0.1) is 0 Å². The maximum Gasteiger partial charge on any atom is 0.101 e. The molecule has 0 heterocycles. The fourth-order valence-corrected chi connectivity index (χ4v) is 0.165. The molecule has 3 heteroatoms. The Labute approximate surface area is 41.7 Å². The highest BCUT2D eigenvalue weighted by Crippen LogP contribution is 1.71. The first-order valence-electron chi connectivity index (χ1n) is 1.81. The van der Waals surface area contributed by atoms with Crippen LogP contribution in [0.3, 0.4) is 0 Å². The number of nitroso groups, excluding NO2 is 1. The molecule has 0 amide bonds. The van der Waals surface area contributed by atoms with E-state index >= 15 is 0 Å². The van der Waals surface area contributed by atoms with Crippen molar-refractivity contribution in [1.82, 2.24) is 0 Å². The average Bonchev–Trinajstić information content (AvgIpc) is 1.69. The van der Waals surface area contributed by atoms with Gasteiger partial charge in [0.1, 0.15) is 6.54 Å². The Morgan fingerprint density at radius 3 is 2.86 bits per heavy atom. The van der Waals surface area contributed by atoms with Crippen molar-refractivity contribution in [3.05, 3.63) is 17.2 Å². The van der Waals surface area contributed by atoms with E-state index in [9.17, 15) is 4.91 Å². The minimum atomic E-state index is 0.180. The fourth-order valence-electron chi connectivity index (χ4n) is 0.165. The van der Waals surface area contributed by atoms with Crippen LogP contribution in [0.1, 0.15) is 0 Å². The summed E-state index contributed by atoms with van der Waals surface area (Å²) in [6.45, 7) is 3.33. The Morgan fingerprint density at radius 1 is 1.71 bits per heavy atom. The predicted molar refractivity (Wildman–Crippen MR) is 29.4 cm³/mol. The summed E-state index contributed by atoms with van der Waals surface area (Å²) in [5.41, 5.74) is 0. The molecule has 0 aliphatic heterocycles. The lowest BCUT2D eigenvalue weighted by atomic mass is 10.6. The molecule has 7 heavy (non-hydrogen) atoms. The van der Waals surface area contributed by atoms with Gasteiger partial charge in [-0.2, -0.15) is 4.91 Å². The fraction of sp³-hybridized carbons (Fsp3) is 0.250. The van der Waals surface area contributed by atoms with Gasteiger partial charge < -0.3 is 0 Å². The zero-order valence-corrected chi connectivity index (χ0v) is 3.87. The standard InChI is InChI=1S/C4H6N2O/c1-5-3-2-4-6-7/h2-3H,1,4H2/b3-2+. The molecule has 38 valence electrons. The van der Waals surface area contributed by atoms with Crippen LogP contribution in [0.4, 0.5) is 0 Å². The molecular formula is C4H6N2O. The van der Waals surface area contributed by atoms with Gasteiger partial charge in [-0.1, -0.05) is 5.18 Å². The van der Waals surface area contributed by atoms with Gasteiger partial charge in [0, 0.05) is 6.20 Å². The van der Waals surface area contributed by atoms with Crippen molar-refractivity contribution >= 4 is 6.72 Å². The summed E-state index contributed by atoms with van der Waals surface area (Å²) >= 11 is 0. The summed E-state index contributed by atoms with van der Waals surface area (Å²) in [6, 6.07) is 0. The summed E-state index contributed by atoms with van der Waals surface area (Å²) in [6.07, 6.45) is 2.96. The molecule has 0 rings (SSSR count). The topological polar surface area (TPSA) is 41.8 Å². The van der Waals surface area contributed by atoms with E-state index in [2.05, 4.69) is 16.9 Å². The Balaban J connectivity index is 3.08. The van der Waals surface area contributed by atoms with Gasteiger partial charge in [0.15, 0.2) is 0 Å². The highest BCUT2D eigenvalue weighted by molar-refractivity contribution is 5.25. The van der Waals surface area contributed by atoms with Crippen molar-refractivity contribution in [3.8, 4) is 0 Å². The molecule has 0 saturated carbocycles. The number of hydrogen-bond acceptors (Lipinski definition) is 3. The van der Waals surface area contributed by atoms with E-state index in [1.165, 1.54) is 12.3 Å². The maximum absolute atomic E-state index is 9.32. The zero-order chi connectivity index (χ0) is 5.54. The number of hydrogen-bond donors (Lipinski definition) is 0. The normalized spacial score (nSPS) is 9.14. The zero-order valence-electron chi connectivity index (χ0n) is 3.87. The lowest BCUT2D eigenvalue weighted by molar-refractivity contribution is 1.22. The molecule has 0 saturated heterocycles. The van der Waals surface area contributed by atoms with E-state index < -0.39 is 0 Å². The summed E-state index contributed by atoms with van der Waals surface area (Å²) in [7, 11) is 0. The molecule has 0 N–H and O–H groups in total. The van der Waals surface area contributed by atoms with Gasteiger partial charge >= 0.3 is 0 Å². The second-order valence-corrected chi connectivity index (χ2v) is 0.879. The van der Waals surface area contributed by atoms with Crippen LogP contribution in [0, 0.1) is 4.91 Å². The second kappa shape index (κ2) is 5.01. The second-order valence-electron chi connectivity index (χ2n) is 0.879. The van der Waals surface area contributed by atoms with Gasteiger partial charge in [-0.25, -0.2) is 0 Å².